The molecule has 4 heteroatoms. The first-order chi connectivity index (χ1) is 7.72. The SMILES string of the molecule is CCCNC(c1ccc(Cl)s1)C(CC)OC. The Morgan fingerprint density at radius 1 is 1.44 bits per heavy atom. The second-order valence-electron chi connectivity index (χ2n) is 3.76. The van der Waals surface area contributed by atoms with Gasteiger partial charge in [0.05, 0.1) is 16.5 Å². The standard InChI is InChI=1S/C12H20ClNOS/c1-4-8-14-12(9(5-2)15-3)10-6-7-11(13)16-10/h6-7,9,12,14H,4-5,8H2,1-3H3. The van der Waals surface area contributed by atoms with Crippen molar-refractivity contribution in [2.75, 3.05) is 13.7 Å². The van der Waals surface area contributed by atoms with Crippen LogP contribution in [0.1, 0.15) is 37.6 Å². The van der Waals surface area contributed by atoms with Gasteiger partial charge < -0.3 is 10.1 Å². The molecule has 0 aliphatic carbocycles. The number of rotatable bonds is 7. The number of ether oxygens (including phenoxy) is 1. The Bertz CT molecular complexity index is 299. The van der Waals surface area contributed by atoms with Crippen LogP contribution in [0, 0.1) is 0 Å². The molecule has 1 aromatic rings. The van der Waals surface area contributed by atoms with E-state index < -0.39 is 0 Å². The minimum absolute atomic E-state index is 0.210. The lowest BCUT2D eigenvalue weighted by atomic mass is 10.1. The monoisotopic (exact) mass is 261 g/mol. The molecule has 0 aromatic carbocycles. The fourth-order valence-corrected chi connectivity index (χ4v) is 2.94. The van der Waals surface area contributed by atoms with Gasteiger partial charge in [-0.2, -0.15) is 0 Å². The lowest BCUT2D eigenvalue weighted by molar-refractivity contribution is 0.0661. The summed E-state index contributed by atoms with van der Waals surface area (Å²) in [6, 6.07) is 4.29. The van der Waals surface area contributed by atoms with Crippen LogP contribution in [0.5, 0.6) is 0 Å². The van der Waals surface area contributed by atoms with Gasteiger partial charge in [-0.05, 0) is 31.5 Å². The zero-order chi connectivity index (χ0) is 12.0. The Morgan fingerprint density at radius 2 is 2.19 bits per heavy atom. The molecule has 0 spiro atoms. The number of nitrogens with one attached hydrogen (secondary N) is 1. The summed E-state index contributed by atoms with van der Waals surface area (Å²) >= 11 is 7.61. The van der Waals surface area contributed by atoms with Gasteiger partial charge in [0.25, 0.3) is 0 Å². The van der Waals surface area contributed by atoms with Crippen molar-refractivity contribution < 1.29 is 4.74 Å². The quantitative estimate of drug-likeness (QED) is 0.805. The predicted octanol–water partition coefficient (Wildman–Crippen LogP) is 3.87. The summed E-state index contributed by atoms with van der Waals surface area (Å²) < 4.78 is 6.36. The highest BCUT2D eigenvalue weighted by Crippen LogP contribution is 2.30. The Hall–Kier alpha value is -0.0900. The molecule has 1 N–H and O–H groups in total. The third-order valence-corrected chi connectivity index (χ3v) is 3.91. The van der Waals surface area contributed by atoms with Crippen LogP contribution in [0.4, 0.5) is 0 Å². The number of hydrogen-bond donors (Lipinski definition) is 1. The Balaban J connectivity index is 2.77. The second-order valence-corrected chi connectivity index (χ2v) is 5.50. The van der Waals surface area contributed by atoms with Crippen molar-refractivity contribution in [2.24, 2.45) is 0 Å². The fourth-order valence-electron chi connectivity index (χ4n) is 1.75. The first-order valence-electron chi connectivity index (χ1n) is 5.74. The van der Waals surface area contributed by atoms with E-state index in [2.05, 4.69) is 25.2 Å². The lowest BCUT2D eigenvalue weighted by Crippen LogP contribution is -2.32. The van der Waals surface area contributed by atoms with Crippen molar-refractivity contribution in [3.8, 4) is 0 Å². The maximum atomic E-state index is 5.98. The van der Waals surface area contributed by atoms with Crippen LogP contribution in [0.15, 0.2) is 12.1 Å². The first kappa shape index (κ1) is 14.0. The van der Waals surface area contributed by atoms with Crippen molar-refractivity contribution in [3.63, 3.8) is 0 Å². The van der Waals surface area contributed by atoms with Gasteiger partial charge in [0.15, 0.2) is 0 Å². The van der Waals surface area contributed by atoms with Gasteiger partial charge in [0.1, 0.15) is 0 Å². The van der Waals surface area contributed by atoms with E-state index in [4.69, 9.17) is 16.3 Å². The molecule has 0 saturated heterocycles. The molecular formula is C12H20ClNOS. The van der Waals surface area contributed by atoms with E-state index in [0.717, 1.165) is 23.7 Å². The predicted molar refractivity (Wildman–Crippen MR) is 71.5 cm³/mol. The zero-order valence-corrected chi connectivity index (χ0v) is 11.7. The molecule has 0 amide bonds. The van der Waals surface area contributed by atoms with Crippen LogP contribution in [0.25, 0.3) is 0 Å². The van der Waals surface area contributed by atoms with Crippen molar-refractivity contribution in [1.29, 1.82) is 0 Å². The summed E-state index contributed by atoms with van der Waals surface area (Å²) in [6.07, 6.45) is 2.32. The Kier molecular flexibility index (Phi) is 6.36. The van der Waals surface area contributed by atoms with E-state index in [0.29, 0.717) is 0 Å². The van der Waals surface area contributed by atoms with E-state index in [1.54, 1.807) is 18.4 Å². The molecule has 1 rings (SSSR count). The summed E-state index contributed by atoms with van der Waals surface area (Å²) in [6.45, 7) is 5.31. The highest BCUT2D eigenvalue weighted by Gasteiger charge is 2.22. The van der Waals surface area contributed by atoms with E-state index in [1.165, 1.54) is 4.88 Å². The molecule has 92 valence electrons. The van der Waals surface area contributed by atoms with Gasteiger partial charge in [-0.25, -0.2) is 0 Å². The highest BCUT2D eigenvalue weighted by molar-refractivity contribution is 7.16. The molecule has 0 bridgehead atoms. The Labute approximate surface area is 107 Å². The molecule has 0 saturated carbocycles. The molecule has 16 heavy (non-hydrogen) atoms. The van der Waals surface area contributed by atoms with Gasteiger partial charge in [-0.15, -0.1) is 11.3 Å². The van der Waals surface area contributed by atoms with Crippen molar-refractivity contribution in [3.05, 3.63) is 21.3 Å². The van der Waals surface area contributed by atoms with Crippen LogP contribution in [0.3, 0.4) is 0 Å². The molecular weight excluding hydrogens is 242 g/mol. The molecule has 0 aliphatic rings. The van der Waals surface area contributed by atoms with Crippen molar-refractivity contribution in [2.45, 2.75) is 38.8 Å². The van der Waals surface area contributed by atoms with Gasteiger partial charge >= 0.3 is 0 Å². The van der Waals surface area contributed by atoms with Crippen LogP contribution >= 0.6 is 22.9 Å². The van der Waals surface area contributed by atoms with Gasteiger partial charge in [0, 0.05) is 12.0 Å². The number of hydrogen-bond acceptors (Lipinski definition) is 3. The first-order valence-corrected chi connectivity index (χ1v) is 6.93. The number of thiophene rings is 1. The molecule has 1 aromatic heterocycles. The molecule has 2 atom stereocenters. The third kappa shape index (κ3) is 3.74. The van der Waals surface area contributed by atoms with E-state index in [-0.39, 0.29) is 12.1 Å². The van der Waals surface area contributed by atoms with Crippen LogP contribution < -0.4 is 5.32 Å². The van der Waals surface area contributed by atoms with E-state index in [9.17, 15) is 0 Å². The fraction of sp³-hybridized carbons (Fsp3) is 0.667. The van der Waals surface area contributed by atoms with E-state index >= 15 is 0 Å². The van der Waals surface area contributed by atoms with Gasteiger partial charge in [0.2, 0.25) is 0 Å². The topological polar surface area (TPSA) is 21.3 Å². The molecule has 0 radical (unpaired) electrons. The largest absolute Gasteiger partial charge is 0.379 e. The summed E-state index contributed by atoms with van der Waals surface area (Å²) in [5.41, 5.74) is 0. The van der Waals surface area contributed by atoms with Crippen LogP contribution in [-0.4, -0.2) is 19.8 Å². The Morgan fingerprint density at radius 3 is 2.62 bits per heavy atom. The highest BCUT2D eigenvalue weighted by atomic mass is 35.5. The maximum Gasteiger partial charge on any atom is 0.0931 e. The number of halogens is 1. The average Bonchev–Trinajstić information content (AvgIpc) is 2.71. The summed E-state index contributed by atoms with van der Waals surface area (Å²) in [4.78, 5) is 1.26. The molecule has 0 fully saturated rings. The number of methoxy groups -OCH3 is 1. The third-order valence-electron chi connectivity index (χ3n) is 2.59. The second kappa shape index (κ2) is 7.28. The lowest BCUT2D eigenvalue weighted by Gasteiger charge is -2.25. The molecule has 2 unspecified atom stereocenters. The van der Waals surface area contributed by atoms with Gasteiger partial charge in [-0.3, -0.25) is 0 Å². The minimum Gasteiger partial charge on any atom is -0.379 e. The maximum absolute atomic E-state index is 5.98. The summed E-state index contributed by atoms with van der Waals surface area (Å²) in [5, 5.41) is 3.53. The molecule has 2 nitrogen and oxygen atoms in total. The van der Waals surface area contributed by atoms with Gasteiger partial charge in [-0.1, -0.05) is 25.4 Å². The van der Waals surface area contributed by atoms with Crippen LogP contribution in [0.2, 0.25) is 4.34 Å². The summed E-state index contributed by atoms with van der Waals surface area (Å²) in [7, 11) is 1.77. The zero-order valence-electron chi connectivity index (χ0n) is 10.1. The normalized spacial score (nSPS) is 15.0. The van der Waals surface area contributed by atoms with E-state index in [1.807, 2.05) is 6.07 Å². The smallest absolute Gasteiger partial charge is 0.0931 e. The van der Waals surface area contributed by atoms with Crippen LogP contribution in [-0.2, 0) is 4.74 Å². The van der Waals surface area contributed by atoms with Crippen molar-refractivity contribution >= 4 is 22.9 Å². The minimum atomic E-state index is 0.210. The summed E-state index contributed by atoms with van der Waals surface area (Å²) in [5.74, 6) is 0. The molecule has 1 heterocycles. The average molecular weight is 262 g/mol. The molecule has 0 aliphatic heterocycles. The van der Waals surface area contributed by atoms with Crippen molar-refractivity contribution in [1.82, 2.24) is 5.32 Å².